The average molecular weight is 426 g/mol. The molecule has 2 aromatic carbocycles. The van der Waals surface area contributed by atoms with Gasteiger partial charge in [-0.1, -0.05) is 16.8 Å². The monoisotopic (exact) mass is 425 g/mol. The van der Waals surface area contributed by atoms with Crippen molar-refractivity contribution in [2.75, 3.05) is 18.9 Å². The van der Waals surface area contributed by atoms with Gasteiger partial charge in [-0.2, -0.15) is 13.2 Å². The number of rotatable bonds is 4. The fraction of sp³-hybridized carbons (Fsp3) is 0.222. The lowest BCUT2D eigenvalue weighted by molar-refractivity contribution is -0.137. The first-order valence-corrected chi connectivity index (χ1v) is 8.65. The number of carbonyl (C=O) groups excluding carboxylic acids is 2. The maximum Gasteiger partial charge on any atom is 0.417 e. The number of benzene rings is 2. The molecule has 0 saturated carbocycles. The molecule has 0 unspecified atom stereocenters. The molecule has 0 aliphatic rings. The Morgan fingerprint density at radius 2 is 1.93 bits per heavy atom. The van der Waals surface area contributed by atoms with Gasteiger partial charge in [0.1, 0.15) is 5.52 Å². The highest BCUT2D eigenvalue weighted by molar-refractivity contribution is 6.31. The Bertz CT molecular complexity index is 1100. The van der Waals surface area contributed by atoms with Gasteiger partial charge in [0.15, 0.2) is 0 Å². The van der Waals surface area contributed by atoms with Crippen LogP contribution < -0.4 is 5.32 Å². The van der Waals surface area contributed by atoms with E-state index in [-0.39, 0.29) is 12.2 Å². The van der Waals surface area contributed by atoms with Crippen LogP contribution in [-0.4, -0.2) is 45.3 Å². The Labute approximate surface area is 168 Å². The van der Waals surface area contributed by atoms with Gasteiger partial charge in [-0.3, -0.25) is 9.59 Å². The number of fused-ring (bicyclic) bond motifs is 1. The predicted molar refractivity (Wildman–Crippen MR) is 101 cm³/mol. The zero-order valence-corrected chi connectivity index (χ0v) is 16.0. The molecule has 3 aromatic rings. The third kappa shape index (κ3) is 4.48. The van der Waals surface area contributed by atoms with E-state index in [0.717, 1.165) is 22.5 Å². The van der Waals surface area contributed by atoms with Crippen LogP contribution in [-0.2, 0) is 18.0 Å². The lowest BCUT2D eigenvalue weighted by Gasteiger charge is -2.17. The number of nitrogens with one attached hydrogen (secondary N) is 1. The number of hydrogen-bond acceptors (Lipinski definition) is 4. The summed E-state index contributed by atoms with van der Waals surface area (Å²) in [6.45, 7) is -0.360. The second kappa shape index (κ2) is 7.70. The zero-order valence-electron chi connectivity index (χ0n) is 15.3. The standard InChI is InChI=1S/C18H15ClF3N5O2/c1-26(17(29)10-3-6-15-14(7-10)24-25-27(15)2)9-16(28)23-11-4-5-13(19)12(8-11)18(20,21)22/h3-8H,9H2,1-2H3,(H,23,28). The van der Waals surface area contributed by atoms with Crippen LogP contribution in [0.15, 0.2) is 36.4 Å². The summed E-state index contributed by atoms with van der Waals surface area (Å²) in [5.41, 5.74) is 0.438. The highest BCUT2D eigenvalue weighted by atomic mass is 35.5. The number of halogens is 4. The maximum absolute atomic E-state index is 12.9. The van der Waals surface area contributed by atoms with Crippen LogP contribution in [0.2, 0.25) is 5.02 Å². The van der Waals surface area contributed by atoms with Crippen LogP contribution in [0.25, 0.3) is 11.0 Å². The first-order valence-electron chi connectivity index (χ1n) is 8.28. The van der Waals surface area contributed by atoms with Crippen LogP contribution in [0.3, 0.4) is 0 Å². The molecule has 3 rings (SSSR count). The minimum atomic E-state index is -4.65. The number of alkyl halides is 3. The molecule has 0 atom stereocenters. The lowest BCUT2D eigenvalue weighted by Crippen LogP contribution is -2.35. The van der Waals surface area contributed by atoms with E-state index >= 15 is 0 Å². The largest absolute Gasteiger partial charge is 0.417 e. The van der Waals surface area contributed by atoms with Gasteiger partial charge in [0.2, 0.25) is 5.91 Å². The third-order valence-electron chi connectivity index (χ3n) is 4.14. The van der Waals surface area contributed by atoms with Crippen LogP contribution in [0.1, 0.15) is 15.9 Å². The van der Waals surface area contributed by atoms with Crippen LogP contribution in [0, 0.1) is 0 Å². The molecule has 1 N–H and O–H groups in total. The van der Waals surface area contributed by atoms with Crippen molar-refractivity contribution in [3.63, 3.8) is 0 Å². The van der Waals surface area contributed by atoms with Gasteiger partial charge in [0.05, 0.1) is 22.6 Å². The molecule has 0 saturated heterocycles. The highest BCUT2D eigenvalue weighted by Crippen LogP contribution is 2.36. The van der Waals surface area contributed by atoms with Crippen LogP contribution in [0.4, 0.5) is 18.9 Å². The van der Waals surface area contributed by atoms with E-state index in [1.165, 1.54) is 13.1 Å². The molecule has 29 heavy (non-hydrogen) atoms. The molecule has 2 amide bonds. The summed E-state index contributed by atoms with van der Waals surface area (Å²) < 4.78 is 40.3. The smallest absolute Gasteiger partial charge is 0.332 e. The quantitative estimate of drug-likeness (QED) is 0.695. The van der Waals surface area contributed by atoms with E-state index in [2.05, 4.69) is 15.6 Å². The predicted octanol–water partition coefficient (Wildman–Crippen LogP) is 3.35. The topological polar surface area (TPSA) is 80.1 Å². The lowest BCUT2D eigenvalue weighted by atomic mass is 10.1. The summed E-state index contributed by atoms with van der Waals surface area (Å²) in [5, 5.41) is 9.65. The Morgan fingerprint density at radius 3 is 2.62 bits per heavy atom. The van der Waals surface area contributed by atoms with Crippen LogP contribution in [0.5, 0.6) is 0 Å². The summed E-state index contributed by atoms with van der Waals surface area (Å²) in [6, 6.07) is 7.85. The molecule has 7 nitrogen and oxygen atoms in total. The minimum Gasteiger partial charge on any atom is -0.332 e. The number of nitrogens with zero attached hydrogens (tertiary/aromatic N) is 4. The van der Waals surface area contributed by atoms with Crippen molar-refractivity contribution >= 4 is 40.1 Å². The van der Waals surface area contributed by atoms with E-state index < -0.39 is 28.6 Å². The molecule has 152 valence electrons. The van der Waals surface area contributed by atoms with E-state index in [4.69, 9.17) is 11.6 Å². The van der Waals surface area contributed by atoms with Gasteiger partial charge >= 0.3 is 6.18 Å². The van der Waals surface area contributed by atoms with Gasteiger partial charge in [-0.25, -0.2) is 4.68 Å². The molecule has 11 heteroatoms. The first-order chi connectivity index (χ1) is 13.6. The number of anilines is 1. The van der Waals surface area contributed by atoms with E-state index in [1.54, 1.807) is 29.9 Å². The number of likely N-dealkylation sites (N-methyl/N-ethyl adjacent to an activating group) is 1. The van der Waals surface area contributed by atoms with Gasteiger partial charge in [-0.05, 0) is 36.4 Å². The molecular formula is C18H15ClF3N5O2. The molecule has 1 heterocycles. The molecular weight excluding hydrogens is 411 g/mol. The van der Waals surface area contributed by atoms with Crippen molar-refractivity contribution in [1.29, 1.82) is 0 Å². The summed E-state index contributed by atoms with van der Waals surface area (Å²) in [4.78, 5) is 25.9. The number of hydrogen-bond donors (Lipinski definition) is 1. The average Bonchev–Trinajstić information content (AvgIpc) is 3.02. The Balaban J connectivity index is 1.69. The summed E-state index contributed by atoms with van der Waals surface area (Å²) >= 11 is 5.56. The highest BCUT2D eigenvalue weighted by Gasteiger charge is 2.33. The molecule has 0 aliphatic heterocycles. The van der Waals surface area contributed by atoms with E-state index in [0.29, 0.717) is 11.1 Å². The molecule has 0 fully saturated rings. The maximum atomic E-state index is 12.9. The van der Waals surface area contributed by atoms with Gasteiger partial charge in [0.25, 0.3) is 5.91 Å². The van der Waals surface area contributed by atoms with Gasteiger partial charge < -0.3 is 10.2 Å². The Morgan fingerprint density at radius 1 is 1.21 bits per heavy atom. The summed E-state index contributed by atoms with van der Waals surface area (Å²) in [7, 11) is 3.13. The summed E-state index contributed by atoms with van der Waals surface area (Å²) in [5.74, 6) is -1.10. The fourth-order valence-corrected chi connectivity index (χ4v) is 2.93. The van der Waals surface area contributed by atoms with Crippen LogP contribution >= 0.6 is 11.6 Å². The molecule has 0 spiro atoms. The van der Waals surface area contributed by atoms with Crippen molar-refractivity contribution < 1.29 is 22.8 Å². The number of aryl methyl sites for hydroxylation is 1. The fourth-order valence-electron chi connectivity index (χ4n) is 2.70. The molecule has 0 aliphatic carbocycles. The SMILES string of the molecule is CN(CC(=O)Nc1ccc(Cl)c(C(F)(F)F)c1)C(=O)c1ccc2c(c1)nnn2C. The third-order valence-corrected chi connectivity index (χ3v) is 4.47. The Hall–Kier alpha value is -3.14. The second-order valence-corrected chi connectivity index (χ2v) is 6.73. The van der Waals surface area contributed by atoms with Crippen molar-refractivity contribution in [3.05, 3.63) is 52.5 Å². The van der Waals surface area contributed by atoms with Gasteiger partial charge in [-0.15, -0.1) is 5.10 Å². The van der Waals surface area contributed by atoms with Crippen molar-refractivity contribution in [2.24, 2.45) is 7.05 Å². The zero-order chi connectivity index (χ0) is 21.3. The molecule has 0 radical (unpaired) electrons. The van der Waals surface area contributed by atoms with Crippen molar-refractivity contribution in [3.8, 4) is 0 Å². The van der Waals surface area contributed by atoms with Crippen molar-refractivity contribution in [2.45, 2.75) is 6.18 Å². The number of amides is 2. The number of carbonyl (C=O) groups is 2. The van der Waals surface area contributed by atoms with Gasteiger partial charge in [0, 0.05) is 25.3 Å². The normalized spacial score (nSPS) is 11.5. The Kier molecular flexibility index (Phi) is 5.47. The van der Waals surface area contributed by atoms with E-state index in [9.17, 15) is 22.8 Å². The first kappa shape index (κ1) is 20.6. The molecule has 0 bridgehead atoms. The number of aromatic nitrogens is 3. The summed E-state index contributed by atoms with van der Waals surface area (Å²) in [6.07, 6.45) is -4.65. The van der Waals surface area contributed by atoms with Crippen molar-refractivity contribution in [1.82, 2.24) is 19.9 Å². The molecule has 1 aromatic heterocycles. The second-order valence-electron chi connectivity index (χ2n) is 6.32. The van der Waals surface area contributed by atoms with E-state index in [1.807, 2.05) is 0 Å². The minimum absolute atomic E-state index is 0.0754.